The second kappa shape index (κ2) is 5.99. The molecule has 3 nitrogen and oxygen atoms in total. The van der Waals surface area contributed by atoms with Crippen LogP contribution in [0.15, 0.2) is 18.2 Å². The van der Waals surface area contributed by atoms with Gasteiger partial charge in [-0.05, 0) is 37.9 Å². The predicted molar refractivity (Wildman–Crippen MR) is 74.2 cm³/mol. The van der Waals surface area contributed by atoms with Crippen molar-refractivity contribution in [1.82, 2.24) is 4.90 Å². The van der Waals surface area contributed by atoms with Crippen LogP contribution < -0.4 is 5.73 Å². The van der Waals surface area contributed by atoms with Crippen LogP contribution in [0.3, 0.4) is 0 Å². The molecular formula is C15H23FN2O. The van der Waals surface area contributed by atoms with Gasteiger partial charge < -0.3 is 10.5 Å². The number of likely N-dealkylation sites (tertiary alicyclic amines) is 1. The topological polar surface area (TPSA) is 38.5 Å². The largest absolute Gasteiger partial charge is 0.377 e. The summed E-state index contributed by atoms with van der Waals surface area (Å²) in [7, 11) is 1.77. The summed E-state index contributed by atoms with van der Waals surface area (Å²) in [6.07, 6.45) is 2.23. The van der Waals surface area contributed by atoms with E-state index < -0.39 is 0 Å². The molecule has 1 aliphatic heterocycles. The number of piperidine rings is 1. The zero-order valence-electron chi connectivity index (χ0n) is 11.8. The summed E-state index contributed by atoms with van der Waals surface area (Å²) in [6.45, 7) is 5.20. The van der Waals surface area contributed by atoms with E-state index in [0.717, 1.165) is 38.0 Å². The third-order valence-corrected chi connectivity index (χ3v) is 3.97. The summed E-state index contributed by atoms with van der Waals surface area (Å²) < 4.78 is 19.0. The number of rotatable bonds is 4. The van der Waals surface area contributed by atoms with Crippen LogP contribution in [-0.2, 0) is 17.8 Å². The average Bonchev–Trinajstić information content (AvgIpc) is 2.41. The molecule has 1 aliphatic rings. The molecule has 1 saturated heterocycles. The van der Waals surface area contributed by atoms with Crippen LogP contribution in [0.5, 0.6) is 0 Å². The van der Waals surface area contributed by atoms with E-state index in [0.29, 0.717) is 5.56 Å². The first kappa shape index (κ1) is 14.4. The Kier molecular flexibility index (Phi) is 4.55. The van der Waals surface area contributed by atoms with E-state index in [1.54, 1.807) is 7.11 Å². The second-order valence-electron chi connectivity index (χ2n) is 5.60. The molecule has 0 amide bonds. The number of ether oxygens (including phenoxy) is 1. The van der Waals surface area contributed by atoms with Crippen molar-refractivity contribution in [2.75, 3.05) is 20.2 Å². The molecule has 0 saturated carbocycles. The summed E-state index contributed by atoms with van der Waals surface area (Å²) in [6, 6.07) is 5.22. The zero-order valence-corrected chi connectivity index (χ0v) is 11.8. The number of benzene rings is 1. The lowest BCUT2D eigenvalue weighted by molar-refractivity contribution is -0.0527. The Morgan fingerprint density at radius 1 is 1.47 bits per heavy atom. The van der Waals surface area contributed by atoms with Gasteiger partial charge in [0.1, 0.15) is 5.82 Å². The summed E-state index contributed by atoms with van der Waals surface area (Å²) in [5, 5.41) is 0. The maximum Gasteiger partial charge on any atom is 0.127 e. The fraction of sp³-hybridized carbons (Fsp3) is 0.600. The Morgan fingerprint density at radius 3 is 2.95 bits per heavy atom. The molecule has 1 heterocycles. The molecule has 1 fully saturated rings. The van der Waals surface area contributed by atoms with E-state index in [9.17, 15) is 4.39 Å². The quantitative estimate of drug-likeness (QED) is 0.908. The summed E-state index contributed by atoms with van der Waals surface area (Å²) in [4.78, 5) is 2.36. The number of halogens is 1. The molecule has 0 bridgehead atoms. The number of hydrogen-bond acceptors (Lipinski definition) is 3. The van der Waals surface area contributed by atoms with Gasteiger partial charge in [0.05, 0.1) is 5.60 Å². The van der Waals surface area contributed by atoms with Crippen molar-refractivity contribution >= 4 is 0 Å². The third kappa shape index (κ3) is 3.53. The zero-order chi connectivity index (χ0) is 13.9. The third-order valence-electron chi connectivity index (χ3n) is 3.97. The van der Waals surface area contributed by atoms with Gasteiger partial charge in [0.15, 0.2) is 0 Å². The van der Waals surface area contributed by atoms with Crippen LogP contribution in [-0.4, -0.2) is 30.7 Å². The molecule has 106 valence electrons. The molecule has 1 atom stereocenters. The van der Waals surface area contributed by atoms with Gasteiger partial charge in [0.2, 0.25) is 0 Å². The van der Waals surface area contributed by atoms with Crippen LogP contribution in [0.1, 0.15) is 30.9 Å². The summed E-state index contributed by atoms with van der Waals surface area (Å²) >= 11 is 0. The van der Waals surface area contributed by atoms with Crippen molar-refractivity contribution in [1.29, 1.82) is 0 Å². The highest BCUT2D eigenvalue weighted by atomic mass is 19.1. The molecular weight excluding hydrogens is 243 g/mol. The Bertz CT molecular complexity index is 438. The number of hydrogen-bond donors (Lipinski definition) is 1. The molecule has 0 aromatic heterocycles. The standard InChI is InChI=1S/C15H23FN2O/c1-15(19-2)6-3-7-18(11-15)10-12-4-5-14(16)13(8-12)9-17/h4-5,8H,3,6-7,9-11,17H2,1-2H3. The number of nitrogens with two attached hydrogens (primary N) is 1. The molecule has 1 aromatic rings. The van der Waals surface area contributed by atoms with Gasteiger partial charge in [-0.1, -0.05) is 12.1 Å². The van der Waals surface area contributed by atoms with Crippen molar-refractivity contribution in [3.05, 3.63) is 35.1 Å². The van der Waals surface area contributed by atoms with Crippen LogP contribution in [0.2, 0.25) is 0 Å². The lowest BCUT2D eigenvalue weighted by Crippen LogP contribution is -2.46. The molecule has 4 heteroatoms. The van der Waals surface area contributed by atoms with E-state index in [1.165, 1.54) is 6.07 Å². The van der Waals surface area contributed by atoms with E-state index in [-0.39, 0.29) is 18.0 Å². The van der Waals surface area contributed by atoms with Gasteiger partial charge in [-0.2, -0.15) is 0 Å². The van der Waals surface area contributed by atoms with Crippen LogP contribution >= 0.6 is 0 Å². The van der Waals surface area contributed by atoms with Crippen molar-refractivity contribution in [3.63, 3.8) is 0 Å². The monoisotopic (exact) mass is 266 g/mol. The SMILES string of the molecule is COC1(C)CCCN(Cc2ccc(F)c(CN)c2)C1. The number of nitrogens with zero attached hydrogens (tertiary/aromatic N) is 1. The van der Waals surface area contributed by atoms with E-state index >= 15 is 0 Å². The molecule has 0 radical (unpaired) electrons. The van der Waals surface area contributed by atoms with Crippen LogP contribution in [0.4, 0.5) is 4.39 Å². The molecule has 0 aliphatic carbocycles. The Labute approximate surface area is 114 Å². The molecule has 19 heavy (non-hydrogen) atoms. The smallest absolute Gasteiger partial charge is 0.127 e. The maximum absolute atomic E-state index is 13.4. The van der Waals surface area contributed by atoms with Gasteiger partial charge >= 0.3 is 0 Å². The fourth-order valence-corrected chi connectivity index (χ4v) is 2.75. The highest BCUT2D eigenvalue weighted by Crippen LogP contribution is 2.25. The van der Waals surface area contributed by atoms with Crippen molar-refractivity contribution in [2.24, 2.45) is 5.73 Å². The lowest BCUT2D eigenvalue weighted by atomic mass is 9.94. The minimum absolute atomic E-state index is 0.0605. The van der Waals surface area contributed by atoms with Gasteiger partial charge in [-0.3, -0.25) is 4.90 Å². The minimum atomic E-state index is -0.216. The Morgan fingerprint density at radius 2 is 2.26 bits per heavy atom. The molecule has 0 spiro atoms. The predicted octanol–water partition coefficient (Wildman–Crippen LogP) is 2.29. The summed E-state index contributed by atoms with van der Waals surface area (Å²) in [5.74, 6) is -0.216. The normalized spacial score (nSPS) is 24.6. The molecule has 1 aromatic carbocycles. The van der Waals surface area contributed by atoms with Crippen LogP contribution in [0, 0.1) is 5.82 Å². The second-order valence-corrected chi connectivity index (χ2v) is 5.60. The van der Waals surface area contributed by atoms with Gasteiger partial charge in [0.25, 0.3) is 0 Å². The summed E-state index contributed by atoms with van der Waals surface area (Å²) in [5.41, 5.74) is 7.18. The lowest BCUT2D eigenvalue weighted by Gasteiger charge is -2.39. The Balaban J connectivity index is 2.04. The first-order chi connectivity index (χ1) is 9.06. The van der Waals surface area contributed by atoms with Gasteiger partial charge in [-0.25, -0.2) is 4.39 Å². The van der Waals surface area contributed by atoms with Crippen LogP contribution in [0.25, 0.3) is 0 Å². The highest BCUT2D eigenvalue weighted by Gasteiger charge is 2.30. The van der Waals surface area contributed by atoms with E-state index in [2.05, 4.69) is 11.8 Å². The molecule has 1 unspecified atom stereocenters. The van der Waals surface area contributed by atoms with Gasteiger partial charge in [0, 0.05) is 32.3 Å². The van der Waals surface area contributed by atoms with E-state index in [1.807, 2.05) is 12.1 Å². The first-order valence-electron chi connectivity index (χ1n) is 6.81. The van der Waals surface area contributed by atoms with E-state index in [4.69, 9.17) is 10.5 Å². The Hall–Kier alpha value is -0.970. The average molecular weight is 266 g/mol. The van der Waals surface area contributed by atoms with Gasteiger partial charge in [-0.15, -0.1) is 0 Å². The van der Waals surface area contributed by atoms with Crippen molar-refractivity contribution < 1.29 is 9.13 Å². The highest BCUT2D eigenvalue weighted by molar-refractivity contribution is 5.25. The maximum atomic E-state index is 13.4. The first-order valence-corrected chi connectivity index (χ1v) is 6.81. The molecule has 2 N–H and O–H groups in total. The molecule has 2 rings (SSSR count). The fourth-order valence-electron chi connectivity index (χ4n) is 2.75. The minimum Gasteiger partial charge on any atom is -0.377 e. The number of methoxy groups -OCH3 is 1. The van der Waals surface area contributed by atoms with Crippen molar-refractivity contribution in [2.45, 2.75) is 38.5 Å². The van der Waals surface area contributed by atoms with Crippen molar-refractivity contribution in [3.8, 4) is 0 Å².